The van der Waals surface area contributed by atoms with Crippen molar-refractivity contribution in [1.29, 1.82) is 5.26 Å². The molecule has 2 aromatic rings. The van der Waals surface area contributed by atoms with E-state index in [2.05, 4.69) is 5.32 Å². The van der Waals surface area contributed by atoms with E-state index in [9.17, 15) is 20.0 Å². The van der Waals surface area contributed by atoms with Gasteiger partial charge in [-0.3, -0.25) is 4.79 Å². The number of carbonyl (C=O) groups is 2. The smallest absolute Gasteiger partial charge is 0.339 e. The summed E-state index contributed by atoms with van der Waals surface area (Å²) in [5, 5.41) is 21.1. The summed E-state index contributed by atoms with van der Waals surface area (Å²) >= 11 is 0. The first-order valence-corrected chi connectivity index (χ1v) is 7.40. The van der Waals surface area contributed by atoms with Crippen molar-refractivity contribution in [2.75, 3.05) is 7.11 Å². The van der Waals surface area contributed by atoms with Crippen LogP contribution >= 0.6 is 0 Å². The van der Waals surface area contributed by atoms with Crippen molar-refractivity contribution >= 4 is 18.0 Å². The SMILES string of the molecule is COc1ccc(/C=C(\C#N)C(=O)NCc2ccccc2)cc1C(=O)O. The highest BCUT2D eigenvalue weighted by Crippen LogP contribution is 2.21. The Morgan fingerprint density at radius 1 is 1.24 bits per heavy atom. The van der Waals surface area contributed by atoms with Crippen molar-refractivity contribution < 1.29 is 19.4 Å². The molecule has 0 spiro atoms. The molecule has 0 aliphatic carbocycles. The van der Waals surface area contributed by atoms with E-state index in [0.717, 1.165) is 5.56 Å². The summed E-state index contributed by atoms with van der Waals surface area (Å²) in [5.41, 5.74) is 1.17. The minimum atomic E-state index is -1.15. The summed E-state index contributed by atoms with van der Waals surface area (Å²) in [4.78, 5) is 23.4. The van der Waals surface area contributed by atoms with Crippen LogP contribution in [0.4, 0.5) is 0 Å². The first kappa shape index (κ1) is 17.8. The zero-order valence-electron chi connectivity index (χ0n) is 13.5. The number of aromatic carboxylic acids is 1. The molecule has 2 N–H and O–H groups in total. The predicted octanol–water partition coefficient (Wildman–Crippen LogP) is 2.62. The van der Waals surface area contributed by atoms with Gasteiger partial charge in [-0.2, -0.15) is 5.26 Å². The average Bonchev–Trinajstić information content (AvgIpc) is 2.64. The van der Waals surface area contributed by atoms with Crippen molar-refractivity contribution in [2.24, 2.45) is 0 Å². The van der Waals surface area contributed by atoms with Crippen LogP contribution in [-0.4, -0.2) is 24.1 Å². The number of nitrogens with zero attached hydrogens (tertiary/aromatic N) is 1. The Morgan fingerprint density at radius 2 is 1.96 bits per heavy atom. The molecule has 2 rings (SSSR count). The number of methoxy groups -OCH3 is 1. The fraction of sp³-hybridized carbons (Fsp3) is 0.105. The third kappa shape index (κ3) is 4.69. The van der Waals surface area contributed by atoms with Crippen LogP contribution < -0.4 is 10.1 Å². The monoisotopic (exact) mass is 336 g/mol. The standard InChI is InChI=1S/C19H16N2O4/c1-25-17-8-7-14(10-16(17)19(23)24)9-15(11-20)18(22)21-12-13-5-3-2-4-6-13/h2-10H,12H2,1H3,(H,21,22)(H,23,24)/b15-9+. The van der Waals surface area contributed by atoms with E-state index in [1.54, 1.807) is 6.07 Å². The maximum Gasteiger partial charge on any atom is 0.339 e. The maximum atomic E-state index is 12.2. The molecule has 0 atom stereocenters. The van der Waals surface area contributed by atoms with Crippen LogP contribution in [0, 0.1) is 11.3 Å². The lowest BCUT2D eigenvalue weighted by Gasteiger charge is -2.07. The van der Waals surface area contributed by atoms with Gasteiger partial charge in [-0.1, -0.05) is 36.4 Å². The van der Waals surface area contributed by atoms with Gasteiger partial charge in [0.15, 0.2) is 0 Å². The molecule has 126 valence electrons. The third-order valence-electron chi connectivity index (χ3n) is 3.43. The molecule has 0 aliphatic rings. The summed E-state index contributed by atoms with van der Waals surface area (Å²) in [6.45, 7) is 0.293. The number of carbonyl (C=O) groups excluding carboxylic acids is 1. The summed E-state index contributed by atoms with van der Waals surface area (Å²) < 4.78 is 4.98. The molecular weight excluding hydrogens is 320 g/mol. The first-order valence-electron chi connectivity index (χ1n) is 7.40. The van der Waals surface area contributed by atoms with Crippen LogP contribution in [-0.2, 0) is 11.3 Å². The lowest BCUT2D eigenvalue weighted by molar-refractivity contribution is -0.117. The van der Waals surface area contributed by atoms with Crippen molar-refractivity contribution in [2.45, 2.75) is 6.54 Å². The number of hydrogen-bond donors (Lipinski definition) is 2. The van der Waals surface area contributed by atoms with E-state index in [0.29, 0.717) is 12.1 Å². The van der Waals surface area contributed by atoms with Crippen LogP contribution in [0.3, 0.4) is 0 Å². The quantitative estimate of drug-likeness (QED) is 0.624. The molecule has 0 radical (unpaired) electrons. The van der Waals surface area contributed by atoms with E-state index in [4.69, 9.17) is 4.74 Å². The third-order valence-corrected chi connectivity index (χ3v) is 3.43. The van der Waals surface area contributed by atoms with E-state index in [1.807, 2.05) is 36.4 Å². The highest BCUT2D eigenvalue weighted by atomic mass is 16.5. The van der Waals surface area contributed by atoms with Crippen LogP contribution in [0.15, 0.2) is 54.1 Å². The van der Waals surface area contributed by atoms with Crippen molar-refractivity contribution in [3.63, 3.8) is 0 Å². The topological polar surface area (TPSA) is 99.4 Å². The second-order valence-electron chi connectivity index (χ2n) is 5.10. The second kappa shape index (κ2) is 8.31. The highest BCUT2D eigenvalue weighted by Gasteiger charge is 2.13. The molecule has 25 heavy (non-hydrogen) atoms. The first-order chi connectivity index (χ1) is 12.0. The normalized spacial score (nSPS) is 10.6. The van der Waals surface area contributed by atoms with Gasteiger partial charge < -0.3 is 15.2 Å². The largest absolute Gasteiger partial charge is 0.496 e. The van der Waals surface area contributed by atoms with Gasteiger partial charge in [-0.15, -0.1) is 0 Å². The van der Waals surface area contributed by atoms with Gasteiger partial charge in [0.2, 0.25) is 0 Å². The number of ether oxygens (including phenoxy) is 1. The molecule has 0 fully saturated rings. The number of carboxylic acid groups (broad SMARTS) is 1. The zero-order chi connectivity index (χ0) is 18.2. The number of nitriles is 1. The molecule has 0 saturated heterocycles. The van der Waals surface area contributed by atoms with Crippen LogP contribution in [0.2, 0.25) is 0 Å². The Morgan fingerprint density at radius 3 is 2.56 bits per heavy atom. The molecule has 0 heterocycles. The van der Waals surface area contributed by atoms with Gasteiger partial charge >= 0.3 is 5.97 Å². The van der Waals surface area contributed by atoms with Gasteiger partial charge in [0.05, 0.1) is 7.11 Å². The molecular formula is C19H16N2O4. The maximum absolute atomic E-state index is 12.2. The van der Waals surface area contributed by atoms with Crippen LogP contribution in [0.5, 0.6) is 5.75 Å². The second-order valence-corrected chi connectivity index (χ2v) is 5.10. The summed E-state index contributed by atoms with van der Waals surface area (Å²) in [5.74, 6) is -1.48. The Balaban J connectivity index is 2.19. The minimum Gasteiger partial charge on any atom is -0.496 e. The Labute approximate surface area is 145 Å². The fourth-order valence-electron chi connectivity index (χ4n) is 2.17. The average molecular weight is 336 g/mol. The highest BCUT2D eigenvalue weighted by molar-refractivity contribution is 6.02. The van der Waals surface area contributed by atoms with Crippen molar-refractivity contribution in [3.05, 3.63) is 70.8 Å². The minimum absolute atomic E-state index is 0.0433. The zero-order valence-corrected chi connectivity index (χ0v) is 13.5. The van der Waals surface area contributed by atoms with Crippen LogP contribution in [0.1, 0.15) is 21.5 Å². The lowest BCUT2D eigenvalue weighted by atomic mass is 10.1. The van der Waals surface area contributed by atoms with Gasteiger partial charge in [0.25, 0.3) is 5.91 Å². The van der Waals surface area contributed by atoms with Crippen LogP contribution in [0.25, 0.3) is 6.08 Å². The predicted molar refractivity (Wildman–Crippen MR) is 91.8 cm³/mol. The van der Waals surface area contributed by atoms with Crippen molar-refractivity contribution in [1.82, 2.24) is 5.32 Å². The molecule has 0 saturated carbocycles. The number of nitrogens with one attached hydrogen (secondary N) is 1. The lowest BCUT2D eigenvalue weighted by Crippen LogP contribution is -2.23. The summed E-state index contributed by atoms with van der Waals surface area (Å²) in [7, 11) is 1.37. The van der Waals surface area contributed by atoms with Crippen molar-refractivity contribution in [3.8, 4) is 11.8 Å². The van der Waals surface area contributed by atoms with E-state index < -0.39 is 11.9 Å². The molecule has 0 bridgehead atoms. The molecule has 0 unspecified atom stereocenters. The molecule has 6 heteroatoms. The molecule has 2 aromatic carbocycles. The Bertz CT molecular complexity index is 851. The van der Waals surface area contributed by atoms with E-state index >= 15 is 0 Å². The number of amides is 1. The molecule has 0 aromatic heterocycles. The van der Waals surface area contributed by atoms with E-state index in [1.165, 1.54) is 25.3 Å². The molecule has 1 amide bonds. The number of rotatable bonds is 6. The number of carboxylic acids is 1. The van der Waals surface area contributed by atoms with Gasteiger partial charge in [0, 0.05) is 6.54 Å². The summed E-state index contributed by atoms with van der Waals surface area (Å²) in [6, 6.07) is 15.5. The number of benzene rings is 2. The fourth-order valence-corrected chi connectivity index (χ4v) is 2.17. The molecule has 6 nitrogen and oxygen atoms in total. The molecule has 0 aliphatic heterocycles. The Hall–Kier alpha value is -3.59. The Kier molecular flexibility index (Phi) is 5.91. The number of hydrogen-bond acceptors (Lipinski definition) is 4. The van der Waals surface area contributed by atoms with Gasteiger partial charge in [-0.25, -0.2) is 4.79 Å². The van der Waals surface area contributed by atoms with Gasteiger partial charge in [0.1, 0.15) is 23.0 Å². The summed E-state index contributed by atoms with van der Waals surface area (Å²) in [6.07, 6.45) is 1.34. The van der Waals surface area contributed by atoms with Gasteiger partial charge in [-0.05, 0) is 29.3 Å². The van der Waals surface area contributed by atoms with E-state index in [-0.39, 0.29) is 16.9 Å².